The minimum atomic E-state index is 0.0803. The first-order chi connectivity index (χ1) is 9.72. The van der Waals surface area contributed by atoms with Crippen molar-refractivity contribution in [3.63, 3.8) is 0 Å². The van der Waals surface area contributed by atoms with Crippen LogP contribution in [0.25, 0.3) is 0 Å². The summed E-state index contributed by atoms with van der Waals surface area (Å²) >= 11 is 0. The van der Waals surface area contributed by atoms with Crippen LogP contribution in [0.15, 0.2) is 0 Å². The molecular formula is C14H26N4O2. The Balaban J connectivity index is 1.45. The van der Waals surface area contributed by atoms with Crippen LogP contribution in [-0.4, -0.2) is 73.3 Å². The van der Waals surface area contributed by atoms with Crippen LogP contribution in [-0.2, 0) is 4.74 Å². The molecule has 2 unspecified atom stereocenters. The molecule has 2 atom stereocenters. The van der Waals surface area contributed by atoms with Crippen LogP contribution < -0.4 is 11.1 Å². The molecule has 6 heteroatoms. The quantitative estimate of drug-likeness (QED) is 0.747. The van der Waals surface area contributed by atoms with Crippen molar-refractivity contribution in [3.8, 4) is 0 Å². The van der Waals surface area contributed by atoms with E-state index in [-0.39, 0.29) is 12.1 Å². The zero-order valence-electron chi connectivity index (χ0n) is 12.1. The van der Waals surface area contributed by atoms with Gasteiger partial charge in [-0.2, -0.15) is 0 Å². The van der Waals surface area contributed by atoms with Crippen molar-refractivity contribution in [1.82, 2.24) is 15.1 Å². The molecule has 0 bridgehead atoms. The minimum Gasteiger partial charge on any atom is -0.379 e. The Hall–Kier alpha value is -0.850. The Kier molecular flexibility index (Phi) is 4.43. The van der Waals surface area contributed by atoms with E-state index in [1.165, 1.54) is 0 Å². The fourth-order valence-electron chi connectivity index (χ4n) is 3.42. The average molecular weight is 282 g/mol. The topological polar surface area (TPSA) is 70.8 Å². The molecule has 3 aliphatic rings. The number of amides is 2. The molecule has 0 aromatic rings. The molecule has 0 saturated carbocycles. The van der Waals surface area contributed by atoms with Gasteiger partial charge in [-0.3, -0.25) is 4.90 Å². The number of piperidine rings is 1. The van der Waals surface area contributed by atoms with E-state index in [0.717, 1.165) is 58.5 Å². The summed E-state index contributed by atoms with van der Waals surface area (Å²) in [6.07, 6.45) is 4.20. The number of nitrogens with two attached hydrogens (primary N) is 1. The molecule has 6 nitrogen and oxygen atoms in total. The third-order valence-corrected chi connectivity index (χ3v) is 4.80. The van der Waals surface area contributed by atoms with Crippen LogP contribution in [0, 0.1) is 0 Å². The second kappa shape index (κ2) is 6.28. The molecular weight excluding hydrogens is 256 g/mol. The van der Waals surface area contributed by atoms with Gasteiger partial charge in [0.25, 0.3) is 0 Å². The standard InChI is InChI=1S/C14H26N4O2/c15-11-1-5-17(6-2-11)13-3-7-18(9-13)14(19)16-12-4-8-20-10-12/h11-13H,1-10,15H2,(H,16,19). The normalized spacial score (nSPS) is 32.8. The summed E-state index contributed by atoms with van der Waals surface area (Å²) < 4.78 is 5.29. The van der Waals surface area contributed by atoms with E-state index >= 15 is 0 Å². The van der Waals surface area contributed by atoms with Gasteiger partial charge in [-0.25, -0.2) is 4.79 Å². The molecule has 3 rings (SSSR count). The van der Waals surface area contributed by atoms with Crippen molar-refractivity contribution in [1.29, 1.82) is 0 Å². The van der Waals surface area contributed by atoms with Gasteiger partial charge in [-0.1, -0.05) is 0 Å². The van der Waals surface area contributed by atoms with Crippen molar-refractivity contribution in [2.75, 3.05) is 39.4 Å². The first kappa shape index (κ1) is 14.1. The first-order valence-electron chi connectivity index (χ1n) is 7.85. The molecule has 20 heavy (non-hydrogen) atoms. The minimum absolute atomic E-state index is 0.0803. The van der Waals surface area contributed by atoms with Crippen molar-refractivity contribution in [2.24, 2.45) is 5.73 Å². The highest BCUT2D eigenvalue weighted by Gasteiger charge is 2.32. The number of nitrogens with zero attached hydrogens (tertiary/aromatic N) is 2. The van der Waals surface area contributed by atoms with Crippen LogP contribution in [0.2, 0.25) is 0 Å². The van der Waals surface area contributed by atoms with Gasteiger partial charge in [0, 0.05) is 31.8 Å². The van der Waals surface area contributed by atoms with E-state index in [2.05, 4.69) is 10.2 Å². The summed E-state index contributed by atoms with van der Waals surface area (Å²) in [7, 11) is 0. The lowest BCUT2D eigenvalue weighted by Crippen LogP contribution is -2.48. The second-order valence-corrected chi connectivity index (χ2v) is 6.27. The third-order valence-electron chi connectivity index (χ3n) is 4.80. The number of carbonyl (C=O) groups is 1. The number of urea groups is 1. The first-order valence-corrected chi connectivity index (χ1v) is 7.85. The second-order valence-electron chi connectivity index (χ2n) is 6.27. The Morgan fingerprint density at radius 1 is 1.15 bits per heavy atom. The molecule has 2 amide bonds. The zero-order chi connectivity index (χ0) is 13.9. The van der Waals surface area contributed by atoms with Gasteiger partial charge in [-0.15, -0.1) is 0 Å². The molecule has 0 aromatic heterocycles. The fraction of sp³-hybridized carbons (Fsp3) is 0.929. The highest BCUT2D eigenvalue weighted by molar-refractivity contribution is 5.75. The van der Waals surface area contributed by atoms with Gasteiger partial charge in [0.05, 0.1) is 12.6 Å². The summed E-state index contributed by atoms with van der Waals surface area (Å²) in [6.45, 7) is 5.31. The zero-order valence-corrected chi connectivity index (χ0v) is 12.1. The maximum atomic E-state index is 12.2. The average Bonchev–Trinajstić information content (AvgIpc) is 3.10. The Bertz CT molecular complexity index is 338. The molecule has 3 heterocycles. The summed E-state index contributed by atoms with van der Waals surface area (Å²) in [6, 6.07) is 1.17. The lowest BCUT2D eigenvalue weighted by molar-refractivity contribution is 0.151. The van der Waals surface area contributed by atoms with E-state index in [9.17, 15) is 4.79 Å². The number of ether oxygens (including phenoxy) is 1. The van der Waals surface area contributed by atoms with Gasteiger partial charge >= 0.3 is 6.03 Å². The summed E-state index contributed by atoms with van der Waals surface area (Å²) in [5, 5.41) is 3.07. The molecule has 0 aliphatic carbocycles. The van der Waals surface area contributed by atoms with Crippen LogP contribution >= 0.6 is 0 Å². The van der Waals surface area contributed by atoms with Crippen molar-refractivity contribution in [3.05, 3.63) is 0 Å². The van der Waals surface area contributed by atoms with Gasteiger partial charge in [0.15, 0.2) is 0 Å². The summed E-state index contributed by atoms with van der Waals surface area (Å²) in [5.41, 5.74) is 5.95. The number of likely N-dealkylation sites (tertiary alicyclic amines) is 2. The Morgan fingerprint density at radius 3 is 2.65 bits per heavy atom. The molecule has 0 spiro atoms. The number of hydrogen-bond donors (Lipinski definition) is 2. The van der Waals surface area contributed by atoms with Crippen LogP contribution in [0.5, 0.6) is 0 Å². The van der Waals surface area contributed by atoms with Crippen LogP contribution in [0.3, 0.4) is 0 Å². The van der Waals surface area contributed by atoms with Crippen molar-refractivity contribution in [2.45, 2.75) is 43.8 Å². The number of carbonyl (C=O) groups excluding carboxylic acids is 1. The molecule has 3 N–H and O–H groups in total. The smallest absolute Gasteiger partial charge is 0.317 e. The van der Waals surface area contributed by atoms with E-state index in [1.807, 2.05) is 4.90 Å². The maximum absolute atomic E-state index is 12.2. The molecule has 3 aliphatic heterocycles. The lowest BCUT2D eigenvalue weighted by atomic mass is 10.0. The number of nitrogens with one attached hydrogen (secondary N) is 1. The van der Waals surface area contributed by atoms with Gasteiger partial charge < -0.3 is 20.7 Å². The third kappa shape index (κ3) is 3.24. The summed E-state index contributed by atoms with van der Waals surface area (Å²) in [5.74, 6) is 0. The maximum Gasteiger partial charge on any atom is 0.317 e. The number of hydrogen-bond acceptors (Lipinski definition) is 4. The van der Waals surface area contributed by atoms with E-state index in [0.29, 0.717) is 18.7 Å². The van der Waals surface area contributed by atoms with Crippen molar-refractivity contribution < 1.29 is 9.53 Å². The highest BCUT2D eigenvalue weighted by Crippen LogP contribution is 2.20. The van der Waals surface area contributed by atoms with Crippen LogP contribution in [0.4, 0.5) is 4.79 Å². The molecule has 114 valence electrons. The van der Waals surface area contributed by atoms with Crippen molar-refractivity contribution >= 4 is 6.03 Å². The Labute approximate surface area is 120 Å². The highest BCUT2D eigenvalue weighted by atomic mass is 16.5. The SMILES string of the molecule is NC1CCN(C2CCN(C(=O)NC3CCOC3)C2)CC1. The predicted octanol–water partition coefficient (Wildman–Crippen LogP) is -0.0177. The van der Waals surface area contributed by atoms with Crippen LogP contribution in [0.1, 0.15) is 25.7 Å². The van der Waals surface area contributed by atoms with Gasteiger partial charge in [-0.05, 0) is 38.8 Å². The van der Waals surface area contributed by atoms with E-state index in [4.69, 9.17) is 10.5 Å². The van der Waals surface area contributed by atoms with Gasteiger partial charge in [0.2, 0.25) is 0 Å². The Morgan fingerprint density at radius 2 is 1.95 bits per heavy atom. The fourth-order valence-corrected chi connectivity index (χ4v) is 3.42. The molecule has 0 radical (unpaired) electrons. The molecule has 0 aromatic carbocycles. The lowest BCUT2D eigenvalue weighted by Gasteiger charge is -2.34. The van der Waals surface area contributed by atoms with Gasteiger partial charge in [0.1, 0.15) is 0 Å². The summed E-state index contributed by atoms with van der Waals surface area (Å²) in [4.78, 5) is 16.7. The van der Waals surface area contributed by atoms with E-state index < -0.39 is 0 Å². The predicted molar refractivity (Wildman–Crippen MR) is 76.5 cm³/mol. The molecule has 3 saturated heterocycles. The largest absolute Gasteiger partial charge is 0.379 e. The monoisotopic (exact) mass is 282 g/mol. The molecule has 3 fully saturated rings. The van der Waals surface area contributed by atoms with E-state index in [1.54, 1.807) is 0 Å². The number of rotatable bonds is 2.